The first kappa shape index (κ1) is 28.0. The molecule has 1 atom stereocenters. The van der Waals surface area contributed by atoms with Gasteiger partial charge in [0, 0.05) is 64.6 Å². The summed E-state index contributed by atoms with van der Waals surface area (Å²) in [5, 5.41) is 3.10. The maximum Gasteiger partial charge on any atom is 0.410 e. The number of aromatic nitrogens is 2. The van der Waals surface area contributed by atoms with Gasteiger partial charge < -0.3 is 29.5 Å². The Morgan fingerprint density at radius 2 is 2.00 bits per heavy atom. The number of hydrogen-bond donors (Lipinski definition) is 1. The zero-order valence-corrected chi connectivity index (χ0v) is 23.1. The van der Waals surface area contributed by atoms with Crippen LogP contribution in [0.25, 0.3) is 0 Å². The number of hydrogen-bond acceptors (Lipinski definition) is 8. The second kappa shape index (κ2) is 12.1. The molecule has 0 saturated heterocycles. The third-order valence-corrected chi connectivity index (χ3v) is 5.98. The maximum atomic E-state index is 13.5. The summed E-state index contributed by atoms with van der Waals surface area (Å²) >= 11 is 0. The number of nitrogens with one attached hydrogen (secondary N) is 1. The summed E-state index contributed by atoms with van der Waals surface area (Å²) in [5.74, 6) is 1.65. The molecule has 0 bridgehead atoms. The van der Waals surface area contributed by atoms with Crippen molar-refractivity contribution in [1.82, 2.24) is 14.9 Å². The van der Waals surface area contributed by atoms with Gasteiger partial charge in [-0.15, -0.1) is 0 Å². The molecule has 202 valence electrons. The Hall–Kier alpha value is -3.56. The van der Waals surface area contributed by atoms with E-state index in [1.165, 1.54) is 0 Å². The number of likely N-dealkylation sites (N-methyl/N-ethyl adjacent to an activating group) is 1. The van der Waals surface area contributed by atoms with Crippen molar-refractivity contribution < 1.29 is 19.1 Å². The van der Waals surface area contributed by atoms with E-state index in [0.717, 1.165) is 12.1 Å². The Balaban J connectivity index is 1.71. The second-order valence-corrected chi connectivity index (χ2v) is 10.2. The predicted octanol–water partition coefficient (Wildman–Crippen LogP) is 4.42. The van der Waals surface area contributed by atoms with Crippen LogP contribution in [-0.2, 0) is 4.74 Å². The molecule has 1 aliphatic rings. The molecule has 2 aromatic rings. The van der Waals surface area contributed by atoms with Crippen LogP contribution in [0.5, 0.6) is 5.75 Å². The molecular weight excluding hydrogens is 472 g/mol. The van der Waals surface area contributed by atoms with E-state index in [1.807, 2.05) is 63.9 Å². The van der Waals surface area contributed by atoms with Crippen LogP contribution in [-0.4, -0.2) is 78.8 Å². The number of carbonyl (C=O) groups excluding carboxylic acids is 2. The van der Waals surface area contributed by atoms with Crippen molar-refractivity contribution in [3.8, 4) is 5.75 Å². The lowest BCUT2D eigenvalue weighted by Gasteiger charge is -2.26. The molecule has 0 unspecified atom stereocenters. The Bertz CT molecular complexity index is 1090. The number of ether oxygens (including phenoxy) is 2. The van der Waals surface area contributed by atoms with Gasteiger partial charge in [-0.3, -0.25) is 4.79 Å². The Morgan fingerprint density at radius 1 is 1.24 bits per heavy atom. The molecule has 0 fully saturated rings. The summed E-state index contributed by atoms with van der Waals surface area (Å²) in [4.78, 5) is 39.9. The van der Waals surface area contributed by atoms with Crippen LogP contribution in [0.4, 0.5) is 22.2 Å². The summed E-state index contributed by atoms with van der Waals surface area (Å²) in [6.07, 6.45) is 2.58. The quantitative estimate of drug-likeness (QED) is 0.527. The second-order valence-electron chi connectivity index (χ2n) is 10.2. The molecule has 1 aliphatic heterocycles. The van der Waals surface area contributed by atoms with Crippen molar-refractivity contribution >= 4 is 29.5 Å². The lowest BCUT2D eigenvalue weighted by Crippen LogP contribution is -2.36. The van der Waals surface area contributed by atoms with E-state index in [9.17, 15) is 9.59 Å². The first-order valence-corrected chi connectivity index (χ1v) is 12.9. The van der Waals surface area contributed by atoms with Crippen LogP contribution in [0.1, 0.15) is 57.8 Å². The van der Waals surface area contributed by atoms with E-state index in [4.69, 9.17) is 9.47 Å². The highest BCUT2D eigenvalue weighted by Gasteiger charge is 2.28. The molecule has 0 spiro atoms. The molecule has 1 aromatic heterocycles. The van der Waals surface area contributed by atoms with E-state index >= 15 is 0 Å². The molecule has 10 nitrogen and oxygen atoms in total. The Morgan fingerprint density at radius 3 is 2.68 bits per heavy atom. The topological polar surface area (TPSA) is 100 Å². The molecule has 1 N–H and O–H groups in total. The van der Waals surface area contributed by atoms with Gasteiger partial charge in [0.25, 0.3) is 5.91 Å². The first-order chi connectivity index (χ1) is 17.5. The van der Waals surface area contributed by atoms with Crippen molar-refractivity contribution in [2.75, 3.05) is 55.4 Å². The maximum absolute atomic E-state index is 13.5. The van der Waals surface area contributed by atoms with Gasteiger partial charge in [-0.25, -0.2) is 9.78 Å². The van der Waals surface area contributed by atoms with Crippen LogP contribution in [0.15, 0.2) is 30.5 Å². The minimum absolute atomic E-state index is 0.0929. The fourth-order valence-corrected chi connectivity index (χ4v) is 3.94. The van der Waals surface area contributed by atoms with Crippen molar-refractivity contribution in [3.05, 3.63) is 36.0 Å². The molecule has 0 aliphatic carbocycles. The molecule has 3 rings (SSSR count). The monoisotopic (exact) mass is 512 g/mol. The van der Waals surface area contributed by atoms with E-state index in [1.54, 1.807) is 23.0 Å². The van der Waals surface area contributed by atoms with Gasteiger partial charge in [0.05, 0.1) is 0 Å². The largest absolute Gasteiger partial charge is 0.490 e. The number of anilines is 3. The highest BCUT2D eigenvalue weighted by molar-refractivity contribution is 6.09. The highest BCUT2D eigenvalue weighted by atomic mass is 16.6. The number of nitrogens with zero attached hydrogens (tertiary/aromatic N) is 5. The van der Waals surface area contributed by atoms with Gasteiger partial charge in [-0.05, 0) is 46.2 Å². The SMILES string of the molecule is CCNc1ncc2c(n1)N(C)CCN(c1cccc(O[C@H](CC)CCN(C)C(=O)OC(C)(C)C)c1)C2=O. The minimum atomic E-state index is -0.534. The summed E-state index contributed by atoms with van der Waals surface area (Å²) < 4.78 is 11.7. The minimum Gasteiger partial charge on any atom is -0.490 e. The number of benzene rings is 1. The average molecular weight is 513 g/mol. The van der Waals surface area contributed by atoms with E-state index in [2.05, 4.69) is 22.2 Å². The molecular formula is C27H40N6O4. The fourth-order valence-electron chi connectivity index (χ4n) is 3.94. The molecule has 2 amide bonds. The van der Waals surface area contributed by atoms with Gasteiger partial charge in [0.15, 0.2) is 0 Å². The zero-order chi connectivity index (χ0) is 27.2. The molecule has 37 heavy (non-hydrogen) atoms. The smallest absolute Gasteiger partial charge is 0.410 e. The van der Waals surface area contributed by atoms with Gasteiger partial charge in [-0.2, -0.15) is 4.98 Å². The van der Waals surface area contributed by atoms with Crippen LogP contribution >= 0.6 is 0 Å². The van der Waals surface area contributed by atoms with E-state index < -0.39 is 5.60 Å². The average Bonchev–Trinajstić information content (AvgIpc) is 2.97. The number of carbonyl (C=O) groups is 2. The fraction of sp³-hybridized carbons (Fsp3) is 0.556. The van der Waals surface area contributed by atoms with Crippen LogP contribution < -0.4 is 19.9 Å². The number of amides is 2. The highest BCUT2D eigenvalue weighted by Crippen LogP contribution is 2.29. The van der Waals surface area contributed by atoms with Gasteiger partial charge in [0.2, 0.25) is 5.95 Å². The molecule has 1 aromatic carbocycles. The van der Waals surface area contributed by atoms with Crippen molar-refractivity contribution in [1.29, 1.82) is 0 Å². The normalized spacial score (nSPS) is 14.5. The van der Waals surface area contributed by atoms with Crippen molar-refractivity contribution in [2.45, 2.75) is 59.2 Å². The Kier molecular flexibility index (Phi) is 9.18. The summed E-state index contributed by atoms with van der Waals surface area (Å²) in [6, 6.07) is 7.56. The summed E-state index contributed by atoms with van der Waals surface area (Å²) in [7, 11) is 3.66. The third-order valence-electron chi connectivity index (χ3n) is 5.98. The first-order valence-electron chi connectivity index (χ1n) is 12.9. The summed E-state index contributed by atoms with van der Waals surface area (Å²) in [5.41, 5.74) is 0.678. The van der Waals surface area contributed by atoms with Gasteiger partial charge in [-0.1, -0.05) is 13.0 Å². The zero-order valence-electron chi connectivity index (χ0n) is 23.1. The van der Waals surface area contributed by atoms with Gasteiger partial charge in [0.1, 0.15) is 28.8 Å². The standard InChI is InChI=1S/C27H40N6O4/c1-8-20(13-14-32(7)26(35)37-27(3,4)5)36-21-12-10-11-19(17-21)33-16-15-31(6)23-22(24(33)34)18-29-25(30-23)28-9-2/h10-12,17-18,20H,8-9,13-16H2,1-7H3,(H,28,29,30)/t20-/m1/s1. The number of rotatable bonds is 9. The molecule has 10 heteroatoms. The Labute approximate surface area is 220 Å². The molecule has 0 radical (unpaired) electrons. The van der Waals surface area contributed by atoms with E-state index in [-0.39, 0.29) is 18.1 Å². The van der Waals surface area contributed by atoms with Gasteiger partial charge >= 0.3 is 6.09 Å². The van der Waals surface area contributed by atoms with Crippen LogP contribution in [0.3, 0.4) is 0 Å². The van der Waals surface area contributed by atoms with E-state index in [0.29, 0.717) is 55.7 Å². The predicted molar refractivity (Wildman–Crippen MR) is 146 cm³/mol. The number of fused-ring (bicyclic) bond motifs is 1. The van der Waals surface area contributed by atoms with Crippen molar-refractivity contribution in [3.63, 3.8) is 0 Å². The van der Waals surface area contributed by atoms with Crippen molar-refractivity contribution in [2.24, 2.45) is 0 Å². The third kappa shape index (κ3) is 7.47. The van der Waals surface area contributed by atoms with Crippen LogP contribution in [0, 0.1) is 0 Å². The molecule has 0 saturated carbocycles. The molecule has 2 heterocycles. The summed E-state index contributed by atoms with van der Waals surface area (Å²) in [6.45, 7) is 11.9. The lowest BCUT2D eigenvalue weighted by atomic mass is 10.2. The lowest BCUT2D eigenvalue weighted by molar-refractivity contribution is 0.0278. The van der Waals surface area contributed by atoms with Crippen LogP contribution in [0.2, 0.25) is 0 Å².